The number of carbonyl (C=O) groups excluding carboxylic acids is 1. The zero-order valence-corrected chi connectivity index (χ0v) is 24.3. The van der Waals surface area contributed by atoms with Gasteiger partial charge in [0.1, 0.15) is 12.4 Å². The predicted molar refractivity (Wildman–Crippen MR) is 162 cm³/mol. The van der Waals surface area contributed by atoms with Crippen LogP contribution in [0.25, 0.3) is 0 Å². The van der Waals surface area contributed by atoms with Gasteiger partial charge in [0.25, 0.3) is 0 Å². The van der Waals surface area contributed by atoms with E-state index in [0.29, 0.717) is 30.8 Å². The number of methoxy groups -OCH3 is 2. The average molecular weight is 551 g/mol. The molecule has 0 radical (unpaired) electrons. The van der Waals surface area contributed by atoms with E-state index in [0.717, 1.165) is 53.0 Å². The number of hydrogen-bond donors (Lipinski definition) is 0. The fraction of sp³-hybridized carbons (Fsp3) is 0.314. The molecule has 0 saturated carbocycles. The lowest BCUT2D eigenvalue weighted by Gasteiger charge is -2.32. The molecule has 1 aromatic heterocycles. The van der Waals surface area contributed by atoms with Gasteiger partial charge in [-0.1, -0.05) is 68.4 Å². The summed E-state index contributed by atoms with van der Waals surface area (Å²) in [6.07, 6.45) is 2.60. The quantitative estimate of drug-likeness (QED) is 0.205. The lowest BCUT2D eigenvalue weighted by molar-refractivity contribution is -0.120. The van der Waals surface area contributed by atoms with E-state index in [4.69, 9.17) is 14.2 Å². The Kier molecular flexibility index (Phi) is 8.88. The van der Waals surface area contributed by atoms with Gasteiger partial charge in [0.05, 0.1) is 26.7 Å². The Morgan fingerprint density at radius 3 is 2.41 bits per heavy atom. The highest BCUT2D eigenvalue weighted by Crippen LogP contribution is 2.39. The molecule has 1 aliphatic carbocycles. The average Bonchev–Trinajstić information content (AvgIpc) is 3.02. The normalized spacial score (nSPS) is 14.3. The SMILES string of the molecule is COc1ccc(CN(C(=O)C2CCCc3c(OCc4ccccc4)cccc32)c2ccc(C(C)C)cc2)c(OC)n1. The summed E-state index contributed by atoms with van der Waals surface area (Å²) in [5.41, 5.74) is 6.19. The van der Waals surface area contributed by atoms with Crippen LogP contribution in [0.4, 0.5) is 5.69 Å². The summed E-state index contributed by atoms with van der Waals surface area (Å²) in [5, 5.41) is 0. The number of benzene rings is 3. The maximum atomic E-state index is 14.5. The van der Waals surface area contributed by atoms with Crippen molar-refractivity contribution in [2.24, 2.45) is 0 Å². The van der Waals surface area contributed by atoms with Crippen LogP contribution >= 0.6 is 0 Å². The van der Waals surface area contributed by atoms with E-state index in [2.05, 4.69) is 49.2 Å². The second-order valence-corrected chi connectivity index (χ2v) is 10.7. The first-order valence-electron chi connectivity index (χ1n) is 14.3. The van der Waals surface area contributed by atoms with Crippen LogP contribution in [0.3, 0.4) is 0 Å². The Balaban J connectivity index is 1.48. The minimum Gasteiger partial charge on any atom is -0.489 e. The summed E-state index contributed by atoms with van der Waals surface area (Å²) in [6.45, 7) is 5.16. The van der Waals surface area contributed by atoms with E-state index in [9.17, 15) is 4.79 Å². The van der Waals surface area contributed by atoms with E-state index in [1.165, 1.54) is 5.56 Å². The molecule has 4 aromatic rings. The highest BCUT2D eigenvalue weighted by atomic mass is 16.5. The number of fused-ring (bicyclic) bond motifs is 1. The summed E-state index contributed by atoms with van der Waals surface area (Å²) in [6, 6.07) is 28.3. The van der Waals surface area contributed by atoms with Crippen molar-refractivity contribution in [3.05, 3.63) is 113 Å². The van der Waals surface area contributed by atoms with E-state index in [-0.39, 0.29) is 11.8 Å². The van der Waals surface area contributed by atoms with Crippen LogP contribution in [-0.4, -0.2) is 25.1 Å². The third-order valence-electron chi connectivity index (χ3n) is 7.78. The molecule has 1 atom stereocenters. The maximum Gasteiger partial charge on any atom is 0.234 e. The molecular formula is C35H38N2O4. The summed E-state index contributed by atoms with van der Waals surface area (Å²) in [5.74, 6) is 1.95. The highest BCUT2D eigenvalue weighted by Gasteiger charge is 2.33. The molecule has 0 saturated heterocycles. The van der Waals surface area contributed by atoms with Crippen LogP contribution in [-0.2, 0) is 24.4 Å². The number of amides is 1. The smallest absolute Gasteiger partial charge is 0.234 e. The molecule has 1 aliphatic rings. The fourth-order valence-corrected chi connectivity index (χ4v) is 5.50. The lowest BCUT2D eigenvalue weighted by atomic mass is 9.81. The molecule has 0 spiro atoms. The molecule has 6 heteroatoms. The van der Waals surface area contributed by atoms with E-state index in [1.54, 1.807) is 20.3 Å². The van der Waals surface area contributed by atoms with Gasteiger partial charge >= 0.3 is 0 Å². The van der Waals surface area contributed by atoms with Crippen molar-refractivity contribution >= 4 is 11.6 Å². The molecule has 1 unspecified atom stereocenters. The molecular weight excluding hydrogens is 512 g/mol. The van der Waals surface area contributed by atoms with Gasteiger partial charge in [0, 0.05) is 17.3 Å². The molecule has 0 N–H and O–H groups in total. The number of anilines is 1. The van der Waals surface area contributed by atoms with E-state index in [1.807, 2.05) is 53.4 Å². The van der Waals surface area contributed by atoms with Gasteiger partial charge in [-0.05, 0) is 71.7 Å². The van der Waals surface area contributed by atoms with Gasteiger partial charge in [-0.25, -0.2) is 0 Å². The highest BCUT2D eigenvalue weighted by molar-refractivity contribution is 5.98. The molecule has 0 aliphatic heterocycles. The minimum absolute atomic E-state index is 0.0568. The van der Waals surface area contributed by atoms with Gasteiger partial charge < -0.3 is 19.1 Å². The molecule has 5 rings (SSSR count). The van der Waals surface area contributed by atoms with Crippen molar-refractivity contribution in [3.63, 3.8) is 0 Å². The van der Waals surface area contributed by atoms with Crippen molar-refractivity contribution in [2.75, 3.05) is 19.1 Å². The zero-order valence-electron chi connectivity index (χ0n) is 24.3. The Bertz CT molecular complexity index is 1470. The Morgan fingerprint density at radius 1 is 0.927 bits per heavy atom. The topological polar surface area (TPSA) is 60.9 Å². The van der Waals surface area contributed by atoms with Gasteiger partial charge in [-0.2, -0.15) is 4.98 Å². The van der Waals surface area contributed by atoms with Crippen LogP contribution in [0.1, 0.15) is 66.3 Å². The molecule has 6 nitrogen and oxygen atoms in total. The van der Waals surface area contributed by atoms with Crippen molar-refractivity contribution in [3.8, 4) is 17.5 Å². The first-order chi connectivity index (χ1) is 20.0. The number of hydrogen-bond acceptors (Lipinski definition) is 5. The Morgan fingerprint density at radius 2 is 1.71 bits per heavy atom. The van der Waals surface area contributed by atoms with Gasteiger partial charge in [-0.15, -0.1) is 0 Å². The summed E-state index contributed by atoms with van der Waals surface area (Å²) >= 11 is 0. The molecule has 0 fully saturated rings. The minimum atomic E-state index is -0.277. The number of pyridine rings is 1. The van der Waals surface area contributed by atoms with Gasteiger partial charge in [0.2, 0.25) is 17.7 Å². The largest absolute Gasteiger partial charge is 0.489 e. The standard InChI is InChI=1S/C35H38N2O4/c1-24(2)26-16-19-28(20-17-26)37(22-27-18-21-33(39-3)36-34(27)40-4)35(38)31-14-8-13-30-29(31)12-9-15-32(30)41-23-25-10-6-5-7-11-25/h5-7,9-12,15-21,24,31H,8,13-14,22-23H2,1-4H3. The van der Waals surface area contributed by atoms with Crippen molar-refractivity contribution in [1.82, 2.24) is 4.98 Å². The second kappa shape index (κ2) is 12.9. The first-order valence-corrected chi connectivity index (χ1v) is 14.3. The third kappa shape index (κ3) is 6.37. The molecule has 1 heterocycles. The predicted octanol–water partition coefficient (Wildman–Crippen LogP) is 7.45. The zero-order chi connectivity index (χ0) is 28.8. The van der Waals surface area contributed by atoms with Crippen molar-refractivity contribution in [2.45, 2.75) is 58.1 Å². The van der Waals surface area contributed by atoms with Crippen LogP contribution < -0.4 is 19.1 Å². The molecule has 212 valence electrons. The van der Waals surface area contributed by atoms with Crippen LogP contribution in [0, 0.1) is 0 Å². The van der Waals surface area contributed by atoms with E-state index >= 15 is 0 Å². The number of nitrogens with zero attached hydrogens (tertiary/aromatic N) is 2. The molecule has 0 bridgehead atoms. The fourth-order valence-electron chi connectivity index (χ4n) is 5.50. The summed E-state index contributed by atoms with van der Waals surface area (Å²) in [4.78, 5) is 20.8. The van der Waals surface area contributed by atoms with Crippen LogP contribution in [0.15, 0.2) is 84.9 Å². The monoisotopic (exact) mass is 550 g/mol. The van der Waals surface area contributed by atoms with Crippen molar-refractivity contribution in [1.29, 1.82) is 0 Å². The number of aromatic nitrogens is 1. The molecule has 1 amide bonds. The Labute approximate surface area is 242 Å². The van der Waals surface area contributed by atoms with Gasteiger partial charge in [0.15, 0.2) is 0 Å². The second-order valence-electron chi connectivity index (χ2n) is 10.7. The Hall–Kier alpha value is -4.32. The first kappa shape index (κ1) is 28.2. The molecule has 3 aromatic carbocycles. The van der Waals surface area contributed by atoms with Crippen LogP contribution in [0.2, 0.25) is 0 Å². The summed E-state index contributed by atoms with van der Waals surface area (Å²) in [7, 11) is 3.16. The number of rotatable bonds is 10. The maximum absolute atomic E-state index is 14.5. The number of ether oxygens (including phenoxy) is 3. The van der Waals surface area contributed by atoms with Gasteiger partial charge in [-0.3, -0.25) is 4.79 Å². The lowest BCUT2D eigenvalue weighted by Crippen LogP contribution is -2.36. The van der Waals surface area contributed by atoms with Crippen molar-refractivity contribution < 1.29 is 19.0 Å². The van der Waals surface area contributed by atoms with E-state index < -0.39 is 0 Å². The molecule has 41 heavy (non-hydrogen) atoms. The third-order valence-corrected chi connectivity index (χ3v) is 7.78. The summed E-state index contributed by atoms with van der Waals surface area (Å²) < 4.78 is 17.2. The number of carbonyl (C=O) groups is 1. The van der Waals surface area contributed by atoms with Crippen LogP contribution in [0.5, 0.6) is 17.5 Å².